The van der Waals surface area contributed by atoms with E-state index in [2.05, 4.69) is 13.2 Å². The van der Waals surface area contributed by atoms with Gasteiger partial charge in [-0.1, -0.05) is 70.9 Å². The predicted octanol–water partition coefficient (Wildman–Crippen LogP) is 6.29. The summed E-state index contributed by atoms with van der Waals surface area (Å²) >= 11 is 0. The zero-order valence-corrected chi connectivity index (χ0v) is 17.8. The molecule has 0 aromatic rings. The summed E-state index contributed by atoms with van der Waals surface area (Å²) in [7, 11) is 0. The first kappa shape index (κ1) is 25.4. The van der Waals surface area contributed by atoms with Gasteiger partial charge in [0.25, 0.3) is 0 Å². The quantitative estimate of drug-likeness (QED) is 0.169. The van der Waals surface area contributed by atoms with Crippen molar-refractivity contribution in [3.63, 3.8) is 0 Å². The predicted molar refractivity (Wildman–Crippen MR) is 112 cm³/mol. The van der Waals surface area contributed by atoms with Gasteiger partial charge in [0.05, 0.1) is 12.7 Å². The molecule has 156 valence electrons. The molecule has 0 aliphatic carbocycles. The van der Waals surface area contributed by atoms with E-state index in [9.17, 15) is 9.59 Å². The largest absolute Gasteiger partial charge is 0.462 e. The highest BCUT2D eigenvalue weighted by Gasteiger charge is 2.09. The van der Waals surface area contributed by atoms with E-state index >= 15 is 0 Å². The van der Waals surface area contributed by atoms with Crippen LogP contribution in [0.4, 0.5) is 0 Å². The van der Waals surface area contributed by atoms with E-state index in [1.165, 1.54) is 51.4 Å². The molecule has 0 radical (unpaired) electrons. The van der Waals surface area contributed by atoms with Crippen molar-refractivity contribution in [3.8, 4) is 0 Å². The lowest BCUT2D eigenvalue weighted by Gasteiger charge is -2.12. The van der Waals surface area contributed by atoms with Gasteiger partial charge in [-0.3, -0.25) is 0 Å². The summed E-state index contributed by atoms with van der Waals surface area (Å²) in [5, 5.41) is 0. The number of ether oxygens (including phenoxy) is 2. The number of esters is 2. The minimum Gasteiger partial charge on any atom is -0.462 e. The molecule has 0 bridgehead atoms. The Kier molecular flexibility index (Phi) is 15.6. The summed E-state index contributed by atoms with van der Waals surface area (Å²) in [5.41, 5.74) is 0.934. The Bertz CT molecular complexity index is 453. The maximum Gasteiger partial charge on any atom is 0.333 e. The second-order valence-electron chi connectivity index (χ2n) is 7.59. The Hall–Kier alpha value is -1.58. The first-order valence-electron chi connectivity index (χ1n) is 10.5. The average molecular weight is 381 g/mol. The molecule has 0 aliphatic rings. The molecule has 0 aromatic carbocycles. The molecule has 4 heteroatoms. The number of unbranched alkanes of at least 4 members (excludes halogenated alkanes) is 10. The van der Waals surface area contributed by atoms with Crippen molar-refractivity contribution >= 4 is 11.9 Å². The van der Waals surface area contributed by atoms with Gasteiger partial charge in [-0.15, -0.1) is 0 Å². The molecule has 0 amide bonds. The van der Waals surface area contributed by atoms with Crippen LogP contribution in [0, 0.1) is 0 Å². The molecule has 0 rings (SSSR count). The number of carbonyl (C=O) groups is 2. The van der Waals surface area contributed by atoms with Crippen molar-refractivity contribution in [2.75, 3.05) is 6.61 Å². The summed E-state index contributed by atoms with van der Waals surface area (Å²) in [4.78, 5) is 22.6. The third kappa shape index (κ3) is 16.3. The molecule has 4 nitrogen and oxygen atoms in total. The van der Waals surface area contributed by atoms with E-state index in [0.717, 1.165) is 25.7 Å². The van der Waals surface area contributed by atoms with E-state index in [1.807, 2.05) is 6.92 Å². The fraction of sp³-hybridized carbons (Fsp3) is 0.739. The minimum absolute atomic E-state index is 0.0153. The monoisotopic (exact) mass is 380 g/mol. The van der Waals surface area contributed by atoms with Gasteiger partial charge in [0.2, 0.25) is 0 Å². The van der Waals surface area contributed by atoms with Crippen LogP contribution in [0.3, 0.4) is 0 Å². The molecule has 0 fully saturated rings. The van der Waals surface area contributed by atoms with Crippen LogP contribution in [0.25, 0.3) is 0 Å². The topological polar surface area (TPSA) is 52.6 Å². The smallest absolute Gasteiger partial charge is 0.333 e. The van der Waals surface area contributed by atoms with Gasteiger partial charge in [-0.05, 0) is 40.0 Å². The van der Waals surface area contributed by atoms with Gasteiger partial charge in [0.15, 0.2) is 0 Å². The average Bonchev–Trinajstić information content (AvgIpc) is 2.61. The minimum atomic E-state index is -0.282. The molecule has 0 aliphatic heterocycles. The third-order valence-electron chi connectivity index (χ3n) is 4.49. The number of hydrogen-bond donors (Lipinski definition) is 0. The van der Waals surface area contributed by atoms with Crippen molar-refractivity contribution in [1.82, 2.24) is 0 Å². The van der Waals surface area contributed by atoms with Crippen LogP contribution >= 0.6 is 0 Å². The van der Waals surface area contributed by atoms with Gasteiger partial charge in [0, 0.05) is 11.1 Å². The number of rotatable bonds is 17. The van der Waals surface area contributed by atoms with Crippen molar-refractivity contribution in [3.05, 3.63) is 24.3 Å². The van der Waals surface area contributed by atoms with E-state index < -0.39 is 0 Å². The van der Waals surface area contributed by atoms with Crippen molar-refractivity contribution in [2.24, 2.45) is 0 Å². The summed E-state index contributed by atoms with van der Waals surface area (Å²) in [6.45, 7) is 13.0. The molecule has 0 N–H and O–H groups in total. The summed E-state index contributed by atoms with van der Waals surface area (Å²) in [6.07, 6.45) is 14.2. The lowest BCUT2D eigenvalue weighted by atomic mass is 10.0. The Morgan fingerprint density at radius 2 is 1.11 bits per heavy atom. The SMILES string of the molecule is C=C(C)C(=O)OCCCCCCCCCCCCCC(C)OC(=O)C(=C)C. The molecule has 0 saturated carbocycles. The second-order valence-corrected chi connectivity index (χ2v) is 7.59. The lowest BCUT2D eigenvalue weighted by molar-refractivity contribution is -0.143. The first-order chi connectivity index (χ1) is 12.8. The van der Waals surface area contributed by atoms with Crippen LogP contribution in [0.2, 0.25) is 0 Å². The van der Waals surface area contributed by atoms with Gasteiger partial charge in [-0.2, -0.15) is 0 Å². The van der Waals surface area contributed by atoms with Crippen molar-refractivity contribution < 1.29 is 19.1 Å². The number of carbonyl (C=O) groups excluding carboxylic acids is 2. The highest BCUT2D eigenvalue weighted by Crippen LogP contribution is 2.13. The van der Waals surface area contributed by atoms with E-state index in [-0.39, 0.29) is 18.0 Å². The Morgan fingerprint density at radius 3 is 1.56 bits per heavy atom. The molecule has 0 spiro atoms. The second kappa shape index (κ2) is 16.6. The van der Waals surface area contributed by atoms with Crippen molar-refractivity contribution in [2.45, 2.75) is 104 Å². The first-order valence-corrected chi connectivity index (χ1v) is 10.5. The van der Waals surface area contributed by atoms with Crippen LogP contribution in [0.5, 0.6) is 0 Å². The van der Waals surface area contributed by atoms with Crippen LogP contribution < -0.4 is 0 Å². The van der Waals surface area contributed by atoms with E-state index in [0.29, 0.717) is 17.8 Å². The lowest BCUT2D eigenvalue weighted by Crippen LogP contribution is -2.15. The standard InChI is InChI=1S/C23H40O4/c1-19(2)22(24)26-18-16-14-12-10-8-6-7-9-11-13-15-17-21(5)27-23(25)20(3)4/h21H,1,3,6-18H2,2,4-5H3. The Morgan fingerprint density at radius 1 is 0.704 bits per heavy atom. The van der Waals surface area contributed by atoms with Crippen LogP contribution in [0.1, 0.15) is 97.8 Å². The normalized spacial score (nSPS) is 11.7. The summed E-state index contributed by atoms with van der Waals surface area (Å²) in [6, 6.07) is 0. The highest BCUT2D eigenvalue weighted by atomic mass is 16.5. The maximum absolute atomic E-state index is 11.4. The van der Waals surface area contributed by atoms with E-state index in [1.54, 1.807) is 13.8 Å². The van der Waals surface area contributed by atoms with Crippen LogP contribution in [-0.2, 0) is 19.1 Å². The van der Waals surface area contributed by atoms with Crippen LogP contribution in [0.15, 0.2) is 24.3 Å². The molecule has 0 saturated heterocycles. The molecule has 1 atom stereocenters. The molecule has 0 aromatic heterocycles. The summed E-state index contributed by atoms with van der Waals surface area (Å²) in [5.74, 6) is -0.562. The molecule has 0 heterocycles. The van der Waals surface area contributed by atoms with Crippen molar-refractivity contribution in [1.29, 1.82) is 0 Å². The van der Waals surface area contributed by atoms with Gasteiger partial charge in [-0.25, -0.2) is 9.59 Å². The van der Waals surface area contributed by atoms with Crippen LogP contribution in [-0.4, -0.2) is 24.6 Å². The number of hydrogen-bond acceptors (Lipinski definition) is 4. The fourth-order valence-corrected chi connectivity index (χ4v) is 2.76. The Balaban J connectivity index is 3.27. The van der Waals surface area contributed by atoms with Gasteiger partial charge < -0.3 is 9.47 Å². The van der Waals surface area contributed by atoms with Gasteiger partial charge in [0.1, 0.15) is 0 Å². The fourth-order valence-electron chi connectivity index (χ4n) is 2.76. The zero-order chi connectivity index (χ0) is 20.5. The molecular formula is C23H40O4. The third-order valence-corrected chi connectivity index (χ3v) is 4.49. The molecule has 27 heavy (non-hydrogen) atoms. The maximum atomic E-state index is 11.4. The summed E-state index contributed by atoms with van der Waals surface area (Å²) < 4.78 is 10.3. The zero-order valence-electron chi connectivity index (χ0n) is 17.8. The molecular weight excluding hydrogens is 340 g/mol. The van der Waals surface area contributed by atoms with E-state index in [4.69, 9.17) is 9.47 Å². The molecule has 1 unspecified atom stereocenters. The van der Waals surface area contributed by atoms with Gasteiger partial charge >= 0.3 is 11.9 Å². The Labute approximate surface area is 166 Å². The highest BCUT2D eigenvalue weighted by molar-refractivity contribution is 5.87.